The van der Waals surface area contributed by atoms with E-state index >= 15 is 0 Å². The van der Waals surface area contributed by atoms with Gasteiger partial charge in [-0.05, 0) is 44.0 Å². The van der Waals surface area contributed by atoms with Gasteiger partial charge in [0.05, 0.1) is 11.5 Å². The molecule has 0 unspecified atom stereocenters. The SMILES string of the molecule is Cc1cc(F)cc(C)c1S(=O)(=O)N[C@H](C)CO. The van der Waals surface area contributed by atoms with Crippen molar-refractivity contribution in [2.75, 3.05) is 6.61 Å². The maximum Gasteiger partial charge on any atom is 0.241 e. The van der Waals surface area contributed by atoms with Crippen LogP contribution in [-0.2, 0) is 10.0 Å². The maximum absolute atomic E-state index is 13.1. The van der Waals surface area contributed by atoms with Gasteiger partial charge in [0.15, 0.2) is 0 Å². The van der Waals surface area contributed by atoms with Crippen molar-refractivity contribution in [3.63, 3.8) is 0 Å². The Labute approximate surface area is 101 Å². The summed E-state index contributed by atoms with van der Waals surface area (Å²) in [5.41, 5.74) is 0.695. The largest absolute Gasteiger partial charge is 0.395 e. The molecule has 0 aliphatic heterocycles. The number of hydrogen-bond acceptors (Lipinski definition) is 3. The minimum Gasteiger partial charge on any atom is -0.395 e. The lowest BCUT2D eigenvalue weighted by Crippen LogP contribution is -2.35. The van der Waals surface area contributed by atoms with Crippen molar-refractivity contribution in [2.24, 2.45) is 0 Å². The molecule has 6 heteroatoms. The third-order valence-electron chi connectivity index (χ3n) is 2.32. The molecule has 0 spiro atoms. The van der Waals surface area contributed by atoms with E-state index in [4.69, 9.17) is 5.11 Å². The Hall–Kier alpha value is -0.980. The highest BCUT2D eigenvalue weighted by Gasteiger charge is 2.21. The van der Waals surface area contributed by atoms with E-state index in [1.54, 1.807) is 6.92 Å². The van der Waals surface area contributed by atoms with Crippen molar-refractivity contribution in [3.8, 4) is 0 Å². The van der Waals surface area contributed by atoms with Crippen molar-refractivity contribution >= 4 is 10.0 Å². The third kappa shape index (κ3) is 3.24. The Morgan fingerprint density at radius 1 is 1.35 bits per heavy atom. The molecule has 17 heavy (non-hydrogen) atoms. The maximum atomic E-state index is 13.1. The van der Waals surface area contributed by atoms with E-state index < -0.39 is 21.9 Å². The van der Waals surface area contributed by atoms with Crippen molar-refractivity contribution in [1.82, 2.24) is 4.72 Å². The molecule has 1 aromatic rings. The monoisotopic (exact) mass is 261 g/mol. The molecule has 1 atom stereocenters. The van der Waals surface area contributed by atoms with Crippen LogP contribution in [0.2, 0.25) is 0 Å². The lowest BCUT2D eigenvalue weighted by molar-refractivity contribution is 0.265. The van der Waals surface area contributed by atoms with Gasteiger partial charge in [0, 0.05) is 6.04 Å². The van der Waals surface area contributed by atoms with E-state index in [1.807, 2.05) is 0 Å². The highest BCUT2D eigenvalue weighted by Crippen LogP contribution is 2.21. The molecule has 0 fully saturated rings. The zero-order chi connectivity index (χ0) is 13.2. The predicted octanol–water partition coefficient (Wildman–Crippen LogP) is 1.10. The highest BCUT2D eigenvalue weighted by atomic mass is 32.2. The first-order chi connectivity index (χ1) is 7.77. The Balaban J connectivity index is 3.25. The molecule has 0 bridgehead atoms. The van der Waals surface area contributed by atoms with Crippen LogP contribution in [0.5, 0.6) is 0 Å². The molecule has 0 saturated heterocycles. The Kier molecular flexibility index (Phi) is 4.24. The van der Waals surface area contributed by atoms with Crippen LogP contribution >= 0.6 is 0 Å². The lowest BCUT2D eigenvalue weighted by atomic mass is 10.1. The van der Waals surface area contributed by atoms with E-state index in [0.29, 0.717) is 11.1 Å². The number of aryl methyl sites for hydroxylation is 2. The summed E-state index contributed by atoms with van der Waals surface area (Å²) in [4.78, 5) is 0.0687. The lowest BCUT2D eigenvalue weighted by Gasteiger charge is -2.15. The van der Waals surface area contributed by atoms with Gasteiger partial charge in [-0.25, -0.2) is 17.5 Å². The number of aliphatic hydroxyl groups is 1. The highest BCUT2D eigenvalue weighted by molar-refractivity contribution is 7.89. The van der Waals surface area contributed by atoms with Gasteiger partial charge in [-0.15, -0.1) is 0 Å². The third-order valence-corrected chi connectivity index (χ3v) is 4.22. The quantitative estimate of drug-likeness (QED) is 0.853. The van der Waals surface area contributed by atoms with Crippen LogP contribution in [0.25, 0.3) is 0 Å². The first kappa shape index (κ1) is 14.1. The Bertz CT molecular complexity index is 490. The number of nitrogens with one attached hydrogen (secondary N) is 1. The standard InChI is InChI=1S/C11H16FNO3S/c1-7-4-10(12)5-8(2)11(7)17(15,16)13-9(3)6-14/h4-5,9,13-14H,6H2,1-3H3/t9-/m1/s1. The minimum atomic E-state index is -3.73. The summed E-state index contributed by atoms with van der Waals surface area (Å²) in [6.45, 7) is 4.33. The van der Waals surface area contributed by atoms with Gasteiger partial charge < -0.3 is 5.11 Å². The van der Waals surface area contributed by atoms with Gasteiger partial charge in [0.1, 0.15) is 5.82 Å². The van der Waals surface area contributed by atoms with Gasteiger partial charge >= 0.3 is 0 Å². The molecule has 4 nitrogen and oxygen atoms in total. The molecular formula is C11H16FNO3S. The molecule has 1 rings (SSSR count). The number of halogens is 1. The second-order valence-electron chi connectivity index (χ2n) is 4.07. The van der Waals surface area contributed by atoms with Crippen molar-refractivity contribution in [3.05, 3.63) is 29.1 Å². The zero-order valence-electron chi connectivity index (χ0n) is 9.99. The molecule has 0 heterocycles. The fourth-order valence-corrected chi connectivity index (χ4v) is 3.37. The average Bonchev–Trinajstić information content (AvgIpc) is 2.14. The van der Waals surface area contributed by atoms with Crippen LogP contribution in [-0.4, -0.2) is 26.2 Å². The van der Waals surface area contributed by atoms with E-state index in [1.165, 1.54) is 26.0 Å². The van der Waals surface area contributed by atoms with Crippen LogP contribution in [0, 0.1) is 19.7 Å². The van der Waals surface area contributed by atoms with Gasteiger partial charge in [-0.1, -0.05) is 0 Å². The number of hydrogen-bond donors (Lipinski definition) is 2. The Morgan fingerprint density at radius 3 is 2.24 bits per heavy atom. The van der Waals surface area contributed by atoms with Crippen LogP contribution < -0.4 is 4.72 Å². The molecule has 1 aromatic carbocycles. The van der Waals surface area contributed by atoms with Crippen molar-refractivity contribution in [2.45, 2.75) is 31.7 Å². The fourth-order valence-electron chi connectivity index (χ4n) is 1.68. The van der Waals surface area contributed by atoms with E-state index in [0.717, 1.165) is 0 Å². The summed E-state index contributed by atoms with van der Waals surface area (Å²) in [5, 5.41) is 8.84. The molecule has 0 saturated carbocycles. The second-order valence-corrected chi connectivity index (χ2v) is 5.72. The topological polar surface area (TPSA) is 66.4 Å². The Morgan fingerprint density at radius 2 is 1.82 bits per heavy atom. The smallest absolute Gasteiger partial charge is 0.241 e. The molecule has 0 amide bonds. The molecule has 0 aliphatic rings. The summed E-state index contributed by atoms with van der Waals surface area (Å²) >= 11 is 0. The molecule has 96 valence electrons. The van der Waals surface area contributed by atoms with Crippen LogP contribution in [0.15, 0.2) is 17.0 Å². The molecule has 2 N–H and O–H groups in total. The van der Waals surface area contributed by atoms with Crippen molar-refractivity contribution < 1.29 is 17.9 Å². The summed E-state index contributed by atoms with van der Waals surface area (Å²) in [6, 6.07) is 1.76. The van der Waals surface area contributed by atoms with Gasteiger partial charge in [0.2, 0.25) is 10.0 Å². The summed E-state index contributed by atoms with van der Waals surface area (Å²) in [5.74, 6) is -0.464. The normalized spacial score (nSPS) is 13.7. The fraction of sp³-hybridized carbons (Fsp3) is 0.455. The van der Waals surface area contributed by atoms with Gasteiger partial charge in [0.25, 0.3) is 0 Å². The minimum absolute atomic E-state index is 0.0687. The van der Waals surface area contributed by atoms with E-state index in [2.05, 4.69) is 4.72 Å². The molecule has 0 radical (unpaired) electrons. The molecule has 0 aromatic heterocycles. The first-order valence-corrected chi connectivity index (χ1v) is 6.66. The summed E-state index contributed by atoms with van der Waals surface area (Å²) in [6.07, 6.45) is 0. The number of sulfonamides is 1. The van der Waals surface area contributed by atoms with E-state index in [9.17, 15) is 12.8 Å². The summed E-state index contributed by atoms with van der Waals surface area (Å²) in [7, 11) is -3.73. The van der Waals surface area contributed by atoms with E-state index in [-0.39, 0.29) is 11.5 Å². The average molecular weight is 261 g/mol. The zero-order valence-corrected chi connectivity index (χ0v) is 10.8. The predicted molar refractivity (Wildman–Crippen MR) is 62.7 cm³/mol. The number of rotatable bonds is 4. The van der Waals surface area contributed by atoms with Gasteiger partial charge in [-0.2, -0.15) is 0 Å². The van der Waals surface area contributed by atoms with Crippen LogP contribution in [0.1, 0.15) is 18.1 Å². The van der Waals surface area contributed by atoms with Crippen LogP contribution in [0.3, 0.4) is 0 Å². The first-order valence-electron chi connectivity index (χ1n) is 5.18. The molecular weight excluding hydrogens is 245 g/mol. The van der Waals surface area contributed by atoms with Crippen LogP contribution in [0.4, 0.5) is 4.39 Å². The summed E-state index contributed by atoms with van der Waals surface area (Å²) < 4.78 is 39.4. The van der Waals surface area contributed by atoms with Gasteiger partial charge in [-0.3, -0.25) is 0 Å². The second kappa shape index (κ2) is 5.12. The molecule has 0 aliphatic carbocycles. The number of benzene rings is 1. The number of aliphatic hydroxyl groups excluding tert-OH is 1. The van der Waals surface area contributed by atoms with Crippen molar-refractivity contribution in [1.29, 1.82) is 0 Å².